The second kappa shape index (κ2) is 10.3. The first-order chi connectivity index (χ1) is 15.5. The zero-order valence-electron chi connectivity index (χ0n) is 22.6. The third-order valence-corrected chi connectivity index (χ3v) is 7.24. The van der Waals surface area contributed by atoms with E-state index in [4.69, 9.17) is 0 Å². The summed E-state index contributed by atoms with van der Waals surface area (Å²) >= 11 is 0. The van der Waals surface area contributed by atoms with Crippen molar-refractivity contribution in [1.29, 1.82) is 0 Å². The molecule has 2 unspecified atom stereocenters. The molecule has 1 aromatic heterocycles. The van der Waals surface area contributed by atoms with E-state index in [-0.39, 0.29) is 0 Å². The molecule has 33 heavy (non-hydrogen) atoms. The van der Waals surface area contributed by atoms with Crippen LogP contribution in [0.4, 0.5) is 0 Å². The van der Waals surface area contributed by atoms with Gasteiger partial charge in [-0.05, 0) is 59.8 Å². The Bertz CT molecular complexity index is 932. The fraction of sp³-hybridized carbons (Fsp3) is 0.516. The fourth-order valence-corrected chi connectivity index (χ4v) is 5.32. The Balaban J connectivity index is 2.06. The Labute approximate surface area is 202 Å². The van der Waals surface area contributed by atoms with Crippen LogP contribution in [0.5, 0.6) is 0 Å². The Morgan fingerprint density at radius 1 is 0.576 bits per heavy atom. The summed E-state index contributed by atoms with van der Waals surface area (Å²) in [5, 5.41) is 0. The van der Waals surface area contributed by atoms with E-state index in [0.29, 0.717) is 35.8 Å². The van der Waals surface area contributed by atoms with Crippen LogP contribution in [-0.2, 0) is 0 Å². The number of imidazole rings is 1. The third kappa shape index (κ3) is 5.10. The molecule has 2 atom stereocenters. The molecule has 0 spiro atoms. The number of rotatable bonds is 8. The summed E-state index contributed by atoms with van der Waals surface area (Å²) in [7, 11) is 0. The van der Waals surface area contributed by atoms with E-state index in [1.54, 1.807) is 0 Å². The first-order valence-corrected chi connectivity index (χ1v) is 12.9. The summed E-state index contributed by atoms with van der Waals surface area (Å²) in [4.78, 5) is 0. The number of hydrogen-bond acceptors (Lipinski definition) is 0. The average Bonchev–Trinajstić information content (AvgIpc) is 3.27. The molecule has 3 aromatic rings. The molecular formula is C31H45N2+. The molecule has 1 heterocycles. The number of nitrogens with zero attached hydrogens (tertiary/aromatic N) is 2. The Hall–Kier alpha value is -2.35. The number of benzene rings is 2. The Kier molecular flexibility index (Phi) is 7.88. The molecule has 3 rings (SSSR count). The zero-order valence-corrected chi connectivity index (χ0v) is 22.6. The molecule has 0 aliphatic rings. The summed E-state index contributed by atoms with van der Waals surface area (Å²) < 4.78 is 4.80. The van der Waals surface area contributed by atoms with Gasteiger partial charge in [0.15, 0.2) is 0 Å². The van der Waals surface area contributed by atoms with Gasteiger partial charge in [0.25, 0.3) is 0 Å². The van der Waals surface area contributed by atoms with Crippen molar-refractivity contribution in [2.45, 2.75) is 105 Å². The normalized spacial score (nSPS) is 14.0. The van der Waals surface area contributed by atoms with Crippen LogP contribution in [0.15, 0.2) is 55.1 Å². The van der Waals surface area contributed by atoms with Crippen molar-refractivity contribution in [1.82, 2.24) is 4.57 Å². The van der Waals surface area contributed by atoms with Crippen molar-refractivity contribution < 1.29 is 4.57 Å². The van der Waals surface area contributed by atoms with Crippen molar-refractivity contribution in [2.75, 3.05) is 0 Å². The molecule has 0 bridgehead atoms. The number of hydrogen-bond donors (Lipinski definition) is 0. The molecule has 0 radical (unpaired) electrons. The van der Waals surface area contributed by atoms with Gasteiger partial charge < -0.3 is 0 Å². The van der Waals surface area contributed by atoms with Crippen LogP contribution in [0.25, 0.3) is 0 Å². The van der Waals surface area contributed by atoms with E-state index >= 15 is 0 Å². The molecule has 0 saturated heterocycles. The standard InChI is InChI=1S/C31H45N2/c1-20(2)26-13-11-14-27(21(3)4)30(26)24(9)32-17-18-33(19-32)25(10)31-28(22(5)6)15-12-16-29(31)23(7)8/h11-25H,1-10H3/q+1. The van der Waals surface area contributed by atoms with Gasteiger partial charge in [-0.1, -0.05) is 91.8 Å². The predicted molar refractivity (Wildman–Crippen MR) is 141 cm³/mol. The Morgan fingerprint density at radius 2 is 0.970 bits per heavy atom. The number of aromatic nitrogens is 2. The molecule has 0 N–H and O–H groups in total. The van der Waals surface area contributed by atoms with Crippen molar-refractivity contribution in [2.24, 2.45) is 0 Å². The van der Waals surface area contributed by atoms with E-state index in [0.717, 1.165) is 0 Å². The summed E-state index contributed by atoms with van der Waals surface area (Å²) in [5.74, 6) is 2.03. The van der Waals surface area contributed by atoms with Crippen LogP contribution in [-0.4, -0.2) is 4.57 Å². The predicted octanol–water partition coefficient (Wildman–Crippen LogP) is 8.49. The van der Waals surface area contributed by atoms with Crippen LogP contribution in [0.1, 0.15) is 138 Å². The maximum absolute atomic E-state index is 2.40. The molecule has 178 valence electrons. The summed E-state index contributed by atoms with van der Waals surface area (Å²) in [6, 6.07) is 14.3. The lowest BCUT2D eigenvalue weighted by Gasteiger charge is -2.23. The lowest BCUT2D eigenvalue weighted by molar-refractivity contribution is -0.710. The lowest BCUT2D eigenvalue weighted by Crippen LogP contribution is -2.37. The molecular weight excluding hydrogens is 400 g/mol. The molecule has 0 saturated carbocycles. The van der Waals surface area contributed by atoms with Crippen LogP contribution < -0.4 is 4.57 Å². The smallest absolute Gasteiger partial charge is 0.230 e. The average molecular weight is 446 g/mol. The highest BCUT2D eigenvalue weighted by atomic mass is 15.1. The van der Waals surface area contributed by atoms with Gasteiger partial charge >= 0.3 is 0 Å². The van der Waals surface area contributed by atoms with Gasteiger partial charge in [0.2, 0.25) is 6.33 Å². The maximum atomic E-state index is 2.40. The van der Waals surface area contributed by atoms with Crippen molar-refractivity contribution in [3.05, 3.63) is 88.5 Å². The zero-order chi connectivity index (χ0) is 24.4. The highest BCUT2D eigenvalue weighted by Gasteiger charge is 2.27. The van der Waals surface area contributed by atoms with Gasteiger partial charge in [0.1, 0.15) is 24.5 Å². The lowest BCUT2D eigenvalue weighted by atomic mass is 9.85. The minimum Gasteiger partial charge on any atom is -0.230 e. The van der Waals surface area contributed by atoms with E-state index in [1.165, 1.54) is 33.4 Å². The molecule has 2 nitrogen and oxygen atoms in total. The van der Waals surface area contributed by atoms with E-state index in [1.807, 2.05) is 0 Å². The summed E-state index contributed by atoms with van der Waals surface area (Å²) in [5.41, 5.74) is 8.85. The highest BCUT2D eigenvalue weighted by molar-refractivity contribution is 5.42. The van der Waals surface area contributed by atoms with Gasteiger partial charge in [-0.3, -0.25) is 0 Å². The van der Waals surface area contributed by atoms with Gasteiger partial charge in [-0.25, -0.2) is 9.13 Å². The minimum atomic E-state index is 0.291. The molecule has 0 fully saturated rings. The first kappa shape index (κ1) is 25.3. The third-order valence-electron chi connectivity index (χ3n) is 7.24. The monoisotopic (exact) mass is 445 g/mol. The van der Waals surface area contributed by atoms with E-state index in [9.17, 15) is 0 Å². The largest absolute Gasteiger partial charge is 0.244 e. The molecule has 2 heteroatoms. The topological polar surface area (TPSA) is 8.81 Å². The Morgan fingerprint density at radius 3 is 1.36 bits per heavy atom. The van der Waals surface area contributed by atoms with Crippen LogP contribution in [0.3, 0.4) is 0 Å². The van der Waals surface area contributed by atoms with Gasteiger partial charge in [-0.2, -0.15) is 0 Å². The van der Waals surface area contributed by atoms with Crippen molar-refractivity contribution >= 4 is 0 Å². The van der Waals surface area contributed by atoms with Crippen LogP contribution in [0.2, 0.25) is 0 Å². The second-order valence-corrected chi connectivity index (χ2v) is 11.0. The van der Waals surface area contributed by atoms with Gasteiger partial charge in [-0.15, -0.1) is 0 Å². The van der Waals surface area contributed by atoms with Crippen molar-refractivity contribution in [3.63, 3.8) is 0 Å². The van der Waals surface area contributed by atoms with Gasteiger partial charge in [0.05, 0.1) is 0 Å². The van der Waals surface area contributed by atoms with Crippen LogP contribution in [0, 0.1) is 0 Å². The summed E-state index contributed by atoms with van der Waals surface area (Å²) in [6.45, 7) is 23.2. The first-order valence-electron chi connectivity index (χ1n) is 12.9. The van der Waals surface area contributed by atoms with E-state index in [2.05, 4.69) is 133 Å². The fourth-order valence-electron chi connectivity index (χ4n) is 5.32. The second-order valence-electron chi connectivity index (χ2n) is 11.0. The van der Waals surface area contributed by atoms with Crippen molar-refractivity contribution in [3.8, 4) is 0 Å². The summed E-state index contributed by atoms with van der Waals surface area (Å²) in [6.07, 6.45) is 6.84. The molecule has 0 amide bonds. The molecule has 0 aliphatic heterocycles. The maximum Gasteiger partial charge on any atom is 0.244 e. The SMILES string of the molecule is CC(C)c1cccc(C(C)C)c1C(C)n1cc[n+](C(C)c2c(C(C)C)cccc2C(C)C)c1. The minimum absolute atomic E-state index is 0.291. The van der Waals surface area contributed by atoms with Crippen LogP contribution >= 0.6 is 0 Å². The quantitative estimate of drug-likeness (QED) is 0.307. The van der Waals surface area contributed by atoms with Gasteiger partial charge in [0, 0.05) is 11.1 Å². The molecule has 0 aliphatic carbocycles. The van der Waals surface area contributed by atoms with E-state index < -0.39 is 0 Å². The molecule has 2 aromatic carbocycles. The highest BCUT2D eigenvalue weighted by Crippen LogP contribution is 2.35.